The SMILES string of the molecule is C/C=C(\C)C[C@@H]1C(=O)Nc2ccccc21. The van der Waals surface area contributed by atoms with Crippen LogP contribution in [0.15, 0.2) is 35.9 Å². The Bertz CT molecular complexity index is 420. The van der Waals surface area contributed by atoms with Crippen LogP contribution < -0.4 is 5.32 Å². The Morgan fingerprint density at radius 2 is 2.20 bits per heavy atom. The molecule has 0 spiro atoms. The maximum Gasteiger partial charge on any atom is 0.232 e. The molecule has 0 fully saturated rings. The molecule has 1 aliphatic heterocycles. The molecule has 1 N–H and O–H groups in total. The van der Waals surface area contributed by atoms with E-state index in [-0.39, 0.29) is 11.8 Å². The lowest BCUT2D eigenvalue weighted by atomic mass is 9.94. The number of benzene rings is 1. The maximum absolute atomic E-state index is 11.7. The highest BCUT2D eigenvalue weighted by molar-refractivity contribution is 6.02. The van der Waals surface area contributed by atoms with Gasteiger partial charge in [0.15, 0.2) is 0 Å². The first-order valence-corrected chi connectivity index (χ1v) is 5.24. The number of carbonyl (C=O) groups is 1. The van der Waals surface area contributed by atoms with Crippen LogP contribution in [0.2, 0.25) is 0 Å². The zero-order valence-corrected chi connectivity index (χ0v) is 9.08. The standard InChI is InChI=1S/C13H15NO/c1-3-9(2)8-11-10-6-4-5-7-12(10)14-13(11)15/h3-7,11H,8H2,1-2H3,(H,14,15)/b9-3+/t11-/m0/s1. The molecule has 2 nitrogen and oxygen atoms in total. The van der Waals surface area contributed by atoms with E-state index in [1.54, 1.807) is 0 Å². The summed E-state index contributed by atoms with van der Waals surface area (Å²) in [6, 6.07) is 7.92. The quantitative estimate of drug-likeness (QED) is 0.732. The van der Waals surface area contributed by atoms with Crippen molar-refractivity contribution in [1.82, 2.24) is 0 Å². The average Bonchev–Trinajstić information content (AvgIpc) is 2.55. The molecule has 1 heterocycles. The summed E-state index contributed by atoms with van der Waals surface area (Å²) in [6.07, 6.45) is 2.88. The van der Waals surface area contributed by atoms with Gasteiger partial charge in [-0.2, -0.15) is 0 Å². The lowest BCUT2D eigenvalue weighted by Crippen LogP contribution is -2.12. The predicted octanol–water partition coefficient (Wildman–Crippen LogP) is 3.08. The van der Waals surface area contributed by atoms with E-state index < -0.39 is 0 Å². The molecule has 1 aromatic carbocycles. The third kappa shape index (κ3) is 1.80. The summed E-state index contributed by atoms with van der Waals surface area (Å²) >= 11 is 0. The van der Waals surface area contributed by atoms with Crippen LogP contribution in [-0.2, 0) is 4.79 Å². The third-order valence-corrected chi connectivity index (χ3v) is 2.93. The Morgan fingerprint density at radius 3 is 2.93 bits per heavy atom. The van der Waals surface area contributed by atoms with E-state index in [2.05, 4.69) is 18.3 Å². The Kier molecular flexibility index (Phi) is 2.58. The molecule has 1 aromatic rings. The number of nitrogens with one attached hydrogen (secondary N) is 1. The molecule has 0 aliphatic carbocycles. The number of para-hydroxylation sites is 1. The molecule has 0 radical (unpaired) electrons. The van der Waals surface area contributed by atoms with Gasteiger partial charge >= 0.3 is 0 Å². The van der Waals surface area contributed by atoms with Crippen LogP contribution in [0, 0.1) is 0 Å². The number of carbonyl (C=O) groups excluding carboxylic acids is 1. The normalized spacial score (nSPS) is 20.0. The lowest BCUT2D eigenvalue weighted by molar-refractivity contribution is -0.117. The van der Waals surface area contributed by atoms with Crippen LogP contribution in [0.4, 0.5) is 5.69 Å². The van der Waals surface area contributed by atoms with Crippen LogP contribution in [-0.4, -0.2) is 5.91 Å². The molecule has 2 rings (SSSR count). The first kappa shape index (κ1) is 9.97. The molecule has 0 saturated carbocycles. The van der Waals surface area contributed by atoms with E-state index in [0.717, 1.165) is 17.7 Å². The van der Waals surface area contributed by atoms with Gasteiger partial charge in [-0.15, -0.1) is 0 Å². The van der Waals surface area contributed by atoms with Crippen molar-refractivity contribution in [3.05, 3.63) is 41.5 Å². The number of amides is 1. The zero-order chi connectivity index (χ0) is 10.8. The lowest BCUT2D eigenvalue weighted by Gasteiger charge is -2.08. The van der Waals surface area contributed by atoms with Gasteiger partial charge in [0.25, 0.3) is 0 Å². The van der Waals surface area contributed by atoms with Crippen molar-refractivity contribution in [1.29, 1.82) is 0 Å². The average molecular weight is 201 g/mol. The smallest absolute Gasteiger partial charge is 0.232 e. The van der Waals surface area contributed by atoms with Gasteiger partial charge < -0.3 is 5.32 Å². The third-order valence-electron chi connectivity index (χ3n) is 2.93. The molecule has 1 amide bonds. The molecule has 78 valence electrons. The Labute approximate surface area is 90.0 Å². The van der Waals surface area contributed by atoms with Crippen molar-refractivity contribution in [2.24, 2.45) is 0 Å². The van der Waals surface area contributed by atoms with Crippen LogP contribution in [0.25, 0.3) is 0 Å². The van der Waals surface area contributed by atoms with E-state index in [1.807, 2.05) is 31.2 Å². The van der Waals surface area contributed by atoms with E-state index in [9.17, 15) is 4.79 Å². The van der Waals surface area contributed by atoms with Crippen LogP contribution >= 0.6 is 0 Å². The summed E-state index contributed by atoms with van der Waals surface area (Å²) in [4.78, 5) is 11.7. The van der Waals surface area contributed by atoms with E-state index in [1.165, 1.54) is 5.57 Å². The van der Waals surface area contributed by atoms with E-state index in [4.69, 9.17) is 0 Å². The Hall–Kier alpha value is -1.57. The Balaban J connectivity index is 2.30. The van der Waals surface area contributed by atoms with Crippen LogP contribution in [0.5, 0.6) is 0 Å². The maximum atomic E-state index is 11.7. The minimum Gasteiger partial charge on any atom is -0.325 e. The summed E-state index contributed by atoms with van der Waals surface area (Å²) in [6.45, 7) is 4.07. The fraction of sp³-hybridized carbons (Fsp3) is 0.308. The summed E-state index contributed by atoms with van der Waals surface area (Å²) < 4.78 is 0. The highest BCUT2D eigenvalue weighted by atomic mass is 16.2. The molecular weight excluding hydrogens is 186 g/mol. The van der Waals surface area contributed by atoms with Gasteiger partial charge in [0.2, 0.25) is 5.91 Å². The molecule has 1 atom stereocenters. The second-order valence-electron chi connectivity index (χ2n) is 3.97. The van der Waals surface area contributed by atoms with Crippen molar-refractivity contribution >= 4 is 11.6 Å². The zero-order valence-electron chi connectivity index (χ0n) is 9.08. The van der Waals surface area contributed by atoms with Gasteiger partial charge in [0, 0.05) is 5.69 Å². The van der Waals surface area contributed by atoms with Crippen molar-refractivity contribution in [3.63, 3.8) is 0 Å². The van der Waals surface area contributed by atoms with Crippen molar-refractivity contribution in [3.8, 4) is 0 Å². The van der Waals surface area contributed by atoms with Gasteiger partial charge in [-0.25, -0.2) is 0 Å². The van der Waals surface area contributed by atoms with Gasteiger partial charge in [-0.3, -0.25) is 4.79 Å². The second kappa shape index (κ2) is 3.89. The highest BCUT2D eigenvalue weighted by Crippen LogP contribution is 2.35. The first-order valence-electron chi connectivity index (χ1n) is 5.24. The highest BCUT2D eigenvalue weighted by Gasteiger charge is 2.29. The molecule has 0 bridgehead atoms. The van der Waals surface area contributed by atoms with Gasteiger partial charge in [-0.05, 0) is 31.9 Å². The topological polar surface area (TPSA) is 29.1 Å². The van der Waals surface area contributed by atoms with Gasteiger partial charge in [0.1, 0.15) is 0 Å². The monoisotopic (exact) mass is 201 g/mol. The molecular formula is C13H15NO. The fourth-order valence-electron chi connectivity index (χ4n) is 1.92. The van der Waals surface area contributed by atoms with Crippen LogP contribution in [0.3, 0.4) is 0 Å². The van der Waals surface area contributed by atoms with Crippen molar-refractivity contribution in [2.75, 3.05) is 5.32 Å². The minimum atomic E-state index is -0.00241. The predicted molar refractivity (Wildman–Crippen MR) is 61.9 cm³/mol. The first-order chi connectivity index (χ1) is 7.22. The molecule has 1 aliphatic rings. The second-order valence-corrected chi connectivity index (χ2v) is 3.97. The van der Waals surface area contributed by atoms with Crippen LogP contribution in [0.1, 0.15) is 31.7 Å². The molecule has 2 heteroatoms. The number of hydrogen-bond acceptors (Lipinski definition) is 1. The van der Waals surface area contributed by atoms with Gasteiger partial charge in [0.05, 0.1) is 5.92 Å². The summed E-state index contributed by atoms with van der Waals surface area (Å²) in [7, 11) is 0. The van der Waals surface area contributed by atoms with E-state index in [0.29, 0.717) is 0 Å². The number of fused-ring (bicyclic) bond motifs is 1. The largest absolute Gasteiger partial charge is 0.325 e. The molecule has 0 saturated heterocycles. The molecule has 0 unspecified atom stereocenters. The number of hydrogen-bond donors (Lipinski definition) is 1. The number of anilines is 1. The van der Waals surface area contributed by atoms with Crippen molar-refractivity contribution in [2.45, 2.75) is 26.2 Å². The number of rotatable bonds is 2. The summed E-state index contributed by atoms with van der Waals surface area (Å²) in [5.41, 5.74) is 3.35. The molecule has 0 aromatic heterocycles. The van der Waals surface area contributed by atoms with Crippen molar-refractivity contribution < 1.29 is 4.79 Å². The fourth-order valence-corrected chi connectivity index (χ4v) is 1.92. The minimum absolute atomic E-state index is 0.00241. The Morgan fingerprint density at radius 1 is 1.47 bits per heavy atom. The summed E-state index contributed by atoms with van der Waals surface area (Å²) in [5.74, 6) is 0.120. The summed E-state index contributed by atoms with van der Waals surface area (Å²) in [5, 5.41) is 2.91. The molecule has 15 heavy (non-hydrogen) atoms. The number of allylic oxidation sites excluding steroid dienone is 2. The van der Waals surface area contributed by atoms with Gasteiger partial charge in [-0.1, -0.05) is 29.8 Å². The van der Waals surface area contributed by atoms with E-state index >= 15 is 0 Å².